The van der Waals surface area contributed by atoms with Crippen LogP contribution in [0.4, 0.5) is 4.39 Å². The predicted molar refractivity (Wildman–Crippen MR) is 96.5 cm³/mol. The lowest BCUT2D eigenvalue weighted by Gasteiger charge is -2.27. The maximum absolute atomic E-state index is 13.1. The SMILES string of the molecule is O=C(NCc1ccc2c(c1)CCCC2NC(=O)[C@@H]1C[C@H]1F)c1cncnc1. The lowest BCUT2D eigenvalue weighted by molar-refractivity contribution is -0.123. The van der Waals surface area contributed by atoms with Crippen molar-refractivity contribution in [3.05, 3.63) is 59.2 Å². The van der Waals surface area contributed by atoms with Gasteiger partial charge in [-0.2, -0.15) is 0 Å². The van der Waals surface area contributed by atoms with Crippen LogP contribution in [0.15, 0.2) is 36.9 Å². The van der Waals surface area contributed by atoms with Crippen LogP contribution in [-0.2, 0) is 17.8 Å². The van der Waals surface area contributed by atoms with Gasteiger partial charge in [0, 0.05) is 18.9 Å². The molecule has 2 aliphatic carbocycles. The van der Waals surface area contributed by atoms with Crippen LogP contribution in [0.5, 0.6) is 0 Å². The lowest BCUT2D eigenvalue weighted by atomic mass is 9.86. The van der Waals surface area contributed by atoms with Gasteiger partial charge < -0.3 is 10.6 Å². The summed E-state index contributed by atoms with van der Waals surface area (Å²) >= 11 is 0. The lowest BCUT2D eigenvalue weighted by Crippen LogP contribution is -2.32. The number of carbonyl (C=O) groups is 2. The van der Waals surface area contributed by atoms with Crippen LogP contribution in [0, 0.1) is 5.92 Å². The number of aryl methyl sites for hydroxylation is 1. The van der Waals surface area contributed by atoms with Crippen LogP contribution in [0.1, 0.15) is 52.4 Å². The van der Waals surface area contributed by atoms with Crippen molar-refractivity contribution in [2.75, 3.05) is 0 Å². The monoisotopic (exact) mass is 368 g/mol. The fourth-order valence-corrected chi connectivity index (χ4v) is 3.54. The summed E-state index contributed by atoms with van der Waals surface area (Å²) in [6, 6.07) is 5.98. The highest BCUT2D eigenvalue weighted by Gasteiger charge is 2.44. The normalized spacial score (nSPS) is 23.2. The van der Waals surface area contributed by atoms with Crippen molar-refractivity contribution in [2.45, 2.75) is 44.4 Å². The fourth-order valence-electron chi connectivity index (χ4n) is 3.54. The Labute approximate surface area is 156 Å². The Morgan fingerprint density at radius 1 is 1.22 bits per heavy atom. The number of fused-ring (bicyclic) bond motifs is 1. The third-order valence-corrected chi connectivity index (χ3v) is 5.16. The van der Waals surface area contributed by atoms with E-state index in [4.69, 9.17) is 0 Å². The first-order valence-corrected chi connectivity index (χ1v) is 9.21. The van der Waals surface area contributed by atoms with Crippen molar-refractivity contribution in [3.8, 4) is 0 Å². The third-order valence-electron chi connectivity index (χ3n) is 5.16. The second-order valence-corrected chi connectivity index (χ2v) is 7.15. The van der Waals surface area contributed by atoms with Crippen LogP contribution in [0.3, 0.4) is 0 Å². The summed E-state index contributed by atoms with van der Waals surface area (Å²) in [4.78, 5) is 31.9. The average molecular weight is 368 g/mol. The molecule has 27 heavy (non-hydrogen) atoms. The molecular formula is C20H21FN4O2. The third kappa shape index (κ3) is 3.97. The Morgan fingerprint density at radius 2 is 2.00 bits per heavy atom. The zero-order chi connectivity index (χ0) is 18.8. The van der Waals surface area contributed by atoms with E-state index in [2.05, 4.69) is 26.7 Å². The van der Waals surface area contributed by atoms with Gasteiger partial charge in [-0.1, -0.05) is 18.2 Å². The van der Waals surface area contributed by atoms with E-state index in [1.165, 1.54) is 24.3 Å². The molecule has 1 heterocycles. The van der Waals surface area contributed by atoms with Gasteiger partial charge >= 0.3 is 0 Å². The van der Waals surface area contributed by atoms with E-state index in [-0.39, 0.29) is 17.9 Å². The first-order valence-electron chi connectivity index (χ1n) is 9.21. The molecule has 0 radical (unpaired) electrons. The number of benzene rings is 1. The second-order valence-electron chi connectivity index (χ2n) is 7.15. The highest BCUT2D eigenvalue weighted by molar-refractivity contribution is 5.93. The maximum Gasteiger partial charge on any atom is 0.254 e. The number of hydrogen-bond donors (Lipinski definition) is 2. The summed E-state index contributed by atoms with van der Waals surface area (Å²) in [5.74, 6) is -0.864. The molecule has 2 aromatic rings. The Kier molecular flexibility index (Phi) is 4.83. The van der Waals surface area contributed by atoms with E-state index >= 15 is 0 Å². The van der Waals surface area contributed by atoms with Crippen LogP contribution >= 0.6 is 0 Å². The second kappa shape index (κ2) is 7.42. The molecule has 4 rings (SSSR count). The Hall–Kier alpha value is -2.83. The van der Waals surface area contributed by atoms with E-state index in [1.54, 1.807) is 0 Å². The molecule has 2 amide bonds. The summed E-state index contributed by atoms with van der Waals surface area (Å²) in [7, 11) is 0. The molecule has 140 valence electrons. The highest BCUT2D eigenvalue weighted by atomic mass is 19.1. The van der Waals surface area contributed by atoms with E-state index in [9.17, 15) is 14.0 Å². The van der Waals surface area contributed by atoms with E-state index in [0.29, 0.717) is 18.5 Å². The smallest absolute Gasteiger partial charge is 0.254 e. The molecular weight excluding hydrogens is 347 g/mol. The molecule has 0 spiro atoms. The van der Waals surface area contributed by atoms with Crippen LogP contribution in [-0.4, -0.2) is 28.0 Å². The zero-order valence-corrected chi connectivity index (χ0v) is 14.8. The van der Waals surface area contributed by atoms with Gasteiger partial charge in [0.15, 0.2) is 0 Å². The molecule has 6 nitrogen and oxygen atoms in total. The number of hydrogen-bond acceptors (Lipinski definition) is 4. The van der Waals surface area contributed by atoms with E-state index in [0.717, 1.165) is 30.4 Å². The first kappa shape index (κ1) is 17.6. The van der Waals surface area contributed by atoms with Crippen molar-refractivity contribution >= 4 is 11.8 Å². The van der Waals surface area contributed by atoms with Gasteiger partial charge in [0.25, 0.3) is 5.91 Å². The number of amides is 2. The first-order chi connectivity index (χ1) is 13.1. The molecule has 1 unspecified atom stereocenters. The van der Waals surface area contributed by atoms with Gasteiger partial charge in [0.05, 0.1) is 17.5 Å². The van der Waals surface area contributed by atoms with Gasteiger partial charge in [0.2, 0.25) is 5.91 Å². The minimum Gasteiger partial charge on any atom is -0.349 e. The molecule has 0 aliphatic heterocycles. The van der Waals surface area contributed by atoms with Crippen molar-refractivity contribution in [1.29, 1.82) is 0 Å². The molecule has 1 aromatic heterocycles. The molecule has 2 N–H and O–H groups in total. The molecule has 1 fully saturated rings. The van der Waals surface area contributed by atoms with E-state index < -0.39 is 12.1 Å². The summed E-state index contributed by atoms with van der Waals surface area (Å²) in [6.45, 7) is 0.406. The van der Waals surface area contributed by atoms with Gasteiger partial charge in [-0.3, -0.25) is 9.59 Å². The van der Waals surface area contributed by atoms with Gasteiger partial charge in [0.1, 0.15) is 12.5 Å². The minimum absolute atomic E-state index is 0.0563. The number of nitrogens with zero attached hydrogens (tertiary/aromatic N) is 2. The maximum atomic E-state index is 13.1. The van der Waals surface area contributed by atoms with Crippen LogP contribution in [0.25, 0.3) is 0 Å². The van der Waals surface area contributed by atoms with Crippen molar-refractivity contribution in [2.24, 2.45) is 5.92 Å². The highest BCUT2D eigenvalue weighted by Crippen LogP contribution is 2.36. The molecule has 1 aromatic carbocycles. The number of carbonyl (C=O) groups excluding carboxylic acids is 2. The molecule has 1 saturated carbocycles. The molecule has 0 bridgehead atoms. The quantitative estimate of drug-likeness (QED) is 0.848. The zero-order valence-electron chi connectivity index (χ0n) is 14.8. The molecule has 7 heteroatoms. The summed E-state index contributed by atoms with van der Waals surface area (Å²) in [5.41, 5.74) is 3.69. The standard InChI is InChI=1S/C20H21FN4O2/c21-17-7-16(17)20(27)25-18-3-1-2-13-6-12(4-5-15(13)18)8-24-19(26)14-9-22-11-23-10-14/h4-6,9-11,16-18H,1-3,7-8H2,(H,24,26)(H,25,27)/t16-,17-,18?/m1/s1. The van der Waals surface area contributed by atoms with Gasteiger partial charge in [-0.05, 0) is 42.4 Å². The van der Waals surface area contributed by atoms with Gasteiger partial charge in [-0.25, -0.2) is 14.4 Å². The molecule has 2 aliphatic rings. The average Bonchev–Trinajstić information content (AvgIpc) is 3.43. The summed E-state index contributed by atoms with van der Waals surface area (Å²) in [6.07, 6.45) is 6.47. The summed E-state index contributed by atoms with van der Waals surface area (Å²) < 4.78 is 13.1. The van der Waals surface area contributed by atoms with Crippen molar-refractivity contribution in [3.63, 3.8) is 0 Å². The summed E-state index contributed by atoms with van der Waals surface area (Å²) in [5, 5.41) is 5.86. The Bertz CT molecular complexity index is 858. The number of aromatic nitrogens is 2. The number of halogens is 1. The molecule has 3 atom stereocenters. The minimum atomic E-state index is -0.978. The van der Waals surface area contributed by atoms with Gasteiger partial charge in [-0.15, -0.1) is 0 Å². The van der Waals surface area contributed by atoms with Crippen molar-refractivity contribution in [1.82, 2.24) is 20.6 Å². The largest absolute Gasteiger partial charge is 0.349 e. The van der Waals surface area contributed by atoms with Crippen molar-refractivity contribution < 1.29 is 14.0 Å². The van der Waals surface area contributed by atoms with Crippen LogP contribution < -0.4 is 10.6 Å². The number of rotatable bonds is 5. The predicted octanol–water partition coefficient (Wildman–Crippen LogP) is 2.26. The topological polar surface area (TPSA) is 84.0 Å². The fraction of sp³-hybridized carbons (Fsp3) is 0.400. The number of alkyl halides is 1. The molecule has 0 saturated heterocycles. The Morgan fingerprint density at radius 3 is 2.74 bits per heavy atom. The van der Waals surface area contributed by atoms with E-state index in [1.807, 2.05) is 12.1 Å². The Balaban J connectivity index is 1.40. The number of nitrogens with one attached hydrogen (secondary N) is 2. The van der Waals surface area contributed by atoms with Crippen LogP contribution in [0.2, 0.25) is 0 Å².